The number of phenolic OH excluding ortho intramolecular Hbond substituents is 1. The minimum Gasteiger partial charge on any atom is -0.508 e. The molecule has 3 aliphatic rings. The molecule has 9 amide bonds. The number of fused-ring (bicyclic) bond motifs is 5. The lowest BCUT2D eigenvalue weighted by Gasteiger charge is -2.31. The molecular weight excluding hydrogens is 1320 g/mol. The van der Waals surface area contributed by atoms with Crippen LogP contribution in [0.2, 0.25) is 0 Å². The van der Waals surface area contributed by atoms with E-state index in [2.05, 4.69) is 57.8 Å². The summed E-state index contributed by atoms with van der Waals surface area (Å²) in [6.45, 7) is 1.62. The number of nitrogens with zero attached hydrogens (tertiary/aromatic N) is 1. The number of benzene rings is 4. The Bertz CT molecular complexity index is 3870. The van der Waals surface area contributed by atoms with Crippen LogP contribution in [0.5, 0.6) is 5.75 Å². The van der Waals surface area contributed by atoms with Crippen LogP contribution in [0.25, 0.3) is 21.8 Å². The third kappa shape index (κ3) is 21.1. The summed E-state index contributed by atoms with van der Waals surface area (Å²) in [7, 11) is 0. The number of thioether (sulfide) groups is 2. The highest BCUT2D eigenvalue weighted by Crippen LogP contribution is 2.27. The number of primary amides is 1. The monoisotopic (exact) mass is 1400 g/mol. The Balaban J connectivity index is 1.04. The van der Waals surface area contributed by atoms with Crippen molar-refractivity contribution in [1.82, 2.24) is 62.7 Å². The number of amides is 9. The van der Waals surface area contributed by atoms with Gasteiger partial charge in [-0.2, -0.15) is 23.5 Å². The van der Waals surface area contributed by atoms with Gasteiger partial charge in [-0.15, -0.1) is 0 Å². The predicted molar refractivity (Wildman–Crippen MR) is 370 cm³/mol. The molecule has 0 spiro atoms. The number of Topliss-reactive ketones (excluding diaryl/α,β-unsaturated/α-hetero) is 1. The first-order valence-electron chi connectivity index (χ1n) is 33.1. The first-order valence-corrected chi connectivity index (χ1v) is 35.4. The minimum absolute atomic E-state index is 0.0742. The summed E-state index contributed by atoms with van der Waals surface area (Å²) in [6, 6.07) is 10.7. The quantitative estimate of drug-likeness (QED) is 0.0691. The molecule has 17 N–H and O–H groups in total. The standard InChI is InChI=1S/C69H86F2N14O12S2/c1-38(86)61-68(96)81-56(29-47-32-74-37-78-47)65(93)82-57(23-39-10-14-48(87)15-11-39)69(97)85-20-5-9-59(85)67(95)83-58(62(73)90)36-99-35-41-7-4-6-40(22-41)34-98-21-18-49(88)24-42(8-2-3-19-72)63(91)77-33-60(89)79-54(25-43-30-75-52-16-12-45(70)27-50(43)52)64(92)80-55(66(94)84-61)26-44-31-76-53-17-13-46(71)28-51(44)53/h4,6-7,10-17,22,27-28,30-31,38,42,47,54-59,61,74-76,78,86-87H,2-3,5,8-9,18-21,23-26,29,32-37,72H2,1H3,(H2,73,90)(H,77,91)(H,79,89)(H,80,92)(H,81,96)(H,82,93)(H,83,95)(H,84,94)/t38-,42-,47?,54+,55+,56+,57+,58+,59+,61+/m1/s1. The number of aromatic amines is 2. The smallest absolute Gasteiger partial charge is 0.246 e. The number of rotatable bonds is 14. The number of phenols is 1. The summed E-state index contributed by atoms with van der Waals surface area (Å²) in [6.07, 6.45) is 2.24. The zero-order chi connectivity index (χ0) is 70.7. The molecule has 0 saturated carbocycles. The molecule has 30 heteroatoms. The number of nitrogens with two attached hydrogens (primary N) is 2. The molecule has 10 atom stereocenters. The van der Waals surface area contributed by atoms with Gasteiger partial charge in [0.05, 0.1) is 12.6 Å². The second kappa shape index (κ2) is 35.7. The third-order valence-electron chi connectivity index (χ3n) is 17.8. The average molecular weight is 1410 g/mol. The maximum Gasteiger partial charge on any atom is 0.246 e. The highest BCUT2D eigenvalue weighted by atomic mass is 32.2. The van der Waals surface area contributed by atoms with E-state index in [0.717, 1.165) is 11.1 Å². The van der Waals surface area contributed by atoms with Gasteiger partial charge in [-0.1, -0.05) is 42.8 Å². The van der Waals surface area contributed by atoms with E-state index in [1.807, 2.05) is 24.3 Å². The zero-order valence-electron chi connectivity index (χ0n) is 54.8. The van der Waals surface area contributed by atoms with E-state index in [-0.39, 0.29) is 68.8 Å². The van der Waals surface area contributed by atoms with Gasteiger partial charge < -0.3 is 84.4 Å². The molecular formula is C69H86F2N14O12S2. The molecule has 5 heterocycles. The molecule has 530 valence electrons. The topological polar surface area (TPSA) is 406 Å². The van der Waals surface area contributed by atoms with Crippen LogP contribution in [-0.2, 0) is 78.7 Å². The number of aliphatic hydroxyl groups excluding tert-OH is 1. The van der Waals surface area contributed by atoms with Crippen LogP contribution in [0.4, 0.5) is 8.78 Å². The number of hydrogen-bond acceptors (Lipinski definition) is 17. The highest BCUT2D eigenvalue weighted by Gasteiger charge is 2.41. The van der Waals surface area contributed by atoms with Crippen molar-refractivity contribution < 1.29 is 66.9 Å². The highest BCUT2D eigenvalue weighted by molar-refractivity contribution is 7.98. The molecule has 99 heavy (non-hydrogen) atoms. The molecule has 26 nitrogen and oxygen atoms in total. The van der Waals surface area contributed by atoms with Gasteiger partial charge in [-0.3, -0.25) is 47.9 Å². The van der Waals surface area contributed by atoms with Crippen LogP contribution in [-0.4, -0.2) is 183 Å². The van der Waals surface area contributed by atoms with Gasteiger partial charge in [0.15, 0.2) is 0 Å². The summed E-state index contributed by atoms with van der Waals surface area (Å²) in [5.41, 5.74) is 15.7. The Morgan fingerprint density at radius 3 is 1.96 bits per heavy atom. The number of aliphatic hydroxyl groups is 1. The SMILES string of the molecule is C[C@@H](O)[C@@H]1NC(=O)[C@H](Cc2c[nH]c3ccc(F)cc23)NC(=O)[C@H](Cc2c[nH]c3ccc(F)cc23)NC(=O)CNC(=O)[C@H](CCCCN)CC(=O)CCSCc2cccc(c2)CSC[C@@H](C(N)=O)NC(=O)[C@@H]2CCCN2C(=O)[C@H](Cc2ccc(O)cc2)NC(=O)[C@H](CC2CNCN2)NC1=O. The lowest BCUT2D eigenvalue weighted by atomic mass is 9.94. The van der Waals surface area contributed by atoms with E-state index in [9.17, 15) is 52.6 Å². The van der Waals surface area contributed by atoms with Crippen molar-refractivity contribution in [3.63, 3.8) is 0 Å². The fraction of sp³-hybridized carbons (Fsp3) is 0.449. The molecule has 3 aliphatic heterocycles. The fourth-order valence-corrected chi connectivity index (χ4v) is 14.4. The van der Waals surface area contributed by atoms with Crippen molar-refractivity contribution in [1.29, 1.82) is 0 Å². The number of aromatic nitrogens is 2. The van der Waals surface area contributed by atoms with Gasteiger partial charge in [0, 0.05) is 121 Å². The van der Waals surface area contributed by atoms with E-state index >= 15 is 14.4 Å². The van der Waals surface area contributed by atoms with E-state index in [1.165, 1.54) is 96.3 Å². The minimum atomic E-state index is -1.87. The summed E-state index contributed by atoms with van der Waals surface area (Å²) in [5.74, 6) is -8.45. The summed E-state index contributed by atoms with van der Waals surface area (Å²) in [5, 5.41) is 47.4. The van der Waals surface area contributed by atoms with Crippen molar-refractivity contribution in [2.45, 2.75) is 143 Å². The molecule has 0 radical (unpaired) electrons. The summed E-state index contributed by atoms with van der Waals surface area (Å²) in [4.78, 5) is 151. The number of halogens is 2. The molecule has 2 saturated heterocycles. The van der Waals surface area contributed by atoms with Gasteiger partial charge in [-0.25, -0.2) is 8.78 Å². The van der Waals surface area contributed by atoms with Crippen LogP contribution >= 0.6 is 23.5 Å². The third-order valence-corrected chi connectivity index (χ3v) is 20.0. The van der Waals surface area contributed by atoms with Gasteiger partial charge in [0.1, 0.15) is 65.5 Å². The van der Waals surface area contributed by atoms with E-state index < -0.39 is 138 Å². The second-order valence-electron chi connectivity index (χ2n) is 25.3. The number of carbonyl (C=O) groups is 10. The fourth-order valence-electron chi connectivity index (χ4n) is 12.5. The number of aromatic hydroxyl groups is 1. The number of unbranched alkanes of at least 4 members (excludes halogenated alkanes) is 1. The van der Waals surface area contributed by atoms with Gasteiger partial charge in [0.25, 0.3) is 0 Å². The van der Waals surface area contributed by atoms with E-state index in [0.29, 0.717) is 94.8 Å². The van der Waals surface area contributed by atoms with Crippen LogP contribution in [0.15, 0.2) is 97.3 Å². The number of H-pyrrole nitrogens is 2. The largest absolute Gasteiger partial charge is 0.508 e. The van der Waals surface area contributed by atoms with Crippen molar-refractivity contribution in [3.8, 4) is 5.75 Å². The zero-order valence-corrected chi connectivity index (χ0v) is 56.4. The molecule has 4 aromatic carbocycles. The first kappa shape index (κ1) is 74.3. The van der Waals surface area contributed by atoms with Crippen LogP contribution in [0, 0.1) is 17.6 Å². The molecule has 6 aromatic rings. The molecule has 2 aromatic heterocycles. The first-order chi connectivity index (χ1) is 47.6. The predicted octanol–water partition coefficient (Wildman–Crippen LogP) is 1.73. The van der Waals surface area contributed by atoms with Crippen molar-refractivity contribution in [2.24, 2.45) is 17.4 Å². The maximum atomic E-state index is 15.1. The Hall–Kier alpha value is -8.94. The number of ketones is 1. The molecule has 0 aliphatic carbocycles. The van der Waals surface area contributed by atoms with Gasteiger partial charge in [-0.05, 0) is 122 Å². The van der Waals surface area contributed by atoms with E-state index in [4.69, 9.17) is 11.5 Å². The Kier molecular flexibility index (Phi) is 26.8. The second-order valence-corrected chi connectivity index (χ2v) is 27.5. The molecule has 9 rings (SSSR count). The summed E-state index contributed by atoms with van der Waals surface area (Å²) >= 11 is 2.87. The van der Waals surface area contributed by atoms with Crippen LogP contribution < -0.4 is 59.3 Å². The lowest BCUT2D eigenvalue weighted by Crippen LogP contribution is -2.62. The van der Waals surface area contributed by atoms with Crippen LogP contribution in [0.3, 0.4) is 0 Å². The molecule has 2 fully saturated rings. The van der Waals surface area contributed by atoms with Crippen molar-refractivity contribution in [3.05, 3.63) is 137 Å². The van der Waals surface area contributed by atoms with Crippen molar-refractivity contribution in [2.75, 3.05) is 44.4 Å². The van der Waals surface area contributed by atoms with Gasteiger partial charge in [0.2, 0.25) is 53.2 Å². The molecule has 2 bridgehead atoms. The molecule has 1 unspecified atom stereocenters. The average Bonchev–Trinajstić information content (AvgIpc) is 1.73. The normalized spacial score (nSPS) is 24.2. The van der Waals surface area contributed by atoms with E-state index in [1.54, 1.807) is 12.1 Å². The Morgan fingerprint density at radius 1 is 0.697 bits per heavy atom. The number of nitrogens with one attached hydrogen (secondary N) is 11. The van der Waals surface area contributed by atoms with Gasteiger partial charge >= 0.3 is 0 Å². The Morgan fingerprint density at radius 2 is 1.32 bits per heavy atom. The number of hydrogen-bond donors (Lipinski definition) is 15. The Labute approximate surface area is 578 Å². The van der Waals surface area contributed by atoms with Crippen LogP contribution in [0.1, 0.15) is 86.1 Å². The summed E-state index contributed by atoms with van der Waals surface area (Å²) < 4.78 is 29.8. The lowest BCUT2D eigenvalue weighted by molar-refractivity contribution is -0.142. The number of carbonyl (C=O) groups excluding carboxylic acids is 10. The maximum absolute atomic E-state index is 15.1. The van der Waals surface area contributed by atoms with Crippen molar-refractivity contribution >= 4 is 104 Å².